The average molecular weight is 641 g/mol. The quantitative estimate of drug-likeness (QED) is 0.157. The van der Waals surface area contributed by atoms with E-state index in [0.29, 0.717) is 35.2 Å². The maximum Gasteiger partial charge on any atom is 0.272 e. The fourth-order valence-corrected chi connectivity index (χ4v) is 6.47. The lowest BCUT2D eigenvalue weighted by Crippen LogP contribution is -2.51. The number of primary amides is 1. The minimum absolute atomic E-state index is 0.206. The second-order valence-corrected chi connectivity index (χ2v) is 12.4. The van der Waals surface area contributed by atoms with Crippen LogP contribution in [0.15, 0.2) is 127 Å². The first kappa shape index (κ1) is 32.4. The second kappa shape index (κ2) is 14.9. The molecule has 1 fully saturated rings. The summed E-state index contributed by atoms with van der Waals surface area (Å²) in [4.78, 5) is 48.0. The number of nitrogens with one attached hydrogen (secondary N) is 1. The number of carbonyl (C=O) groups is 3. The van der Waals surface area contributed by atoms with Gasteiger partial charge in [-0.15, -0.1) is 6.58 Å². The highest BCUT2D eigenvalue weighted by Gasteiger charge is 2.39. The summed E-state index contributed by atoms with van der Waals surface area (Å²) in [7, 11) is 0. The summed E-state index contributed by atoms with van der Waals surface area (Å²) in [5, 5.41) is 2.97. The van der Waals surface area contributed by atoms with Crippen LogP contribution in [0.1, 0.15) is 48.8 Å². The van der Waals surface area contributed by atoms with Crippen molar-refractivity contribution in [3.8, 4) is 11.5 Å². The number of anilines is 1. The number of benzene rings is 4. The summed E-state index contributed by atoms with van der Waals surface area (Å²) in [6, 6.07) is 34.4. The van der Waals surface area contributed by atoms with Crippen molar-refractivity contribution < 1.29 is 19.1 Å². The van der Waals surface area contributed by atoms with Crippen LogP contribution in [-0.2, 0) is 20.9 Å². The maximum atomic E-state index is 14.6. The summed E-state index contributed by atoms with van der Waals surface area (Å²) < 4.78 is 6.08. The van der Waals surface area contributed by atoms with E-state index in [1.165, 1.54) is 0 Å². The van der Waals surface area contributed by atoms with Crippen LogP contribution in [0.5, 0.6) is 11.5 Å². The van der Waals surface area contributed by atoms with E-state index >= 15 is 0 Å². The summed E-state index contributed by atoms with van der Waals surface area (Å²) in [6.07, 6.45) is 4.25. The van der Waals surface area contributed by atoms with E-state index in [9.17, 15) is 14.4 Å². The zero-order valence-electron chi connectivity index (χ0n) is 26.8. The molecule has 6 rings (SSSR count). The lowest BCUT2D eigenvalue weighted by molar-refractivity contribution is -0.136. The Labute approximate surface area is 281 Å². The molecule has 3 unspecified atom stereocenters. The van der Waals surface area contributed by atoms with E-state index in [4.69, 9.17) is 15.5 Å². The molecule has 1 aliphatic heterocycles. The van der Waals surface area contributed by atoms with Crippen LogP contribution in [0.2, 0.25) is 0 Å². The summed E-state index contributed by atoms with van der Waals surface area (Å²) >= 11 is 0. The standard InChI is InChI=1S/C40H40N4O4/c1-2-13-32(37(41)45)34(25-27-14-11-15-27)39(46)43-38-40(47)44(26-28-16-12-21-31(24-28)48-30-19-7-4-8-20-30)35-23-10-9-22-33(35)36(42-38)29-17-5-3-6-18-29/h2-10,12,16-24,27,32,34,38H,1,11,13-15,25-26H2,(H2,41,45)(H,43,46). The first-order valence-corrected chi connectivity index (χ1v) is 16.5. The van der Waals surface area contributed by atoms with Gasteiger partial charge in [-0.2, -0.15) is 0 Å². The molecule has 3 amide bonds. The van der Waals surface area contributed by atoms with Crippen molar-refractivity contribution >= 4 is 29.1 Å². The second-order valence-electron chi connectivity index (χ2n) is 12.4. The van der Waals surface area contributed by atoms with E-state index in [2.05, 4.69) is 11.9 Å². The Morgan fingerprint density at radius 3 is 2.29 bits per heavy atom. The Morgan fingerprint density at radius 2 is 1.60 bits per heavy atom. The van der Waals surface area contributed by atoms with E-state index in [0.717, 1.165) is 36.0 Å². The molecule has 4 aromatic rings. The number of para-hydroxylation sites is 2. The third-order valence-corrected chi connectivity index (χ3v) is 9.17. The van der Waals surface area contributed by atoms with Gasteiger partial charge in [-0.3, -0.25) is 14.4 Å². The first-order valence-electron chi connectivity index (χ1n) is 16.5. The number of amides is 3. The molecule has 0 spiro atoms. The van der Waals surface area contributed by atoms with Crippen LogP contribution in [-0.4, -0.2) is 29.6 Å². The summed E-state index contributed by atoms with van der Waals surface area (Å²) in [6.45, 7) is 4.00. The molecule has 1 aliphatic carbocycles. The highest BCUT2D eigenvalue weighted by atomic mass is 16.5. The number of rotatable bonds is 13. The predicted molar refractivity (Wildman–Crippen MR) is 188 cm³/mol. The van der Waals surface area contributed by atoms with Gasteiger partial charge in [0.1, 0.15) is 11.5 Å². The van der Waals surface area contributed by atoms with Crippen molar-refractivity contribution in [1.82, 2.24) is 5.32 Å². The lowest BCUT2D eigenvalue weighted by Gasteiger charge is -2.32. The van der Waals surface area contributed by atoms with Crippen molar-refractivity contribution in [3.05, 3.63) is 139 Å². The molecule has 3 N–H and O–H groups in total. The molecular formula is C40H40N4O4. The number of benzodiazepines with no additional fused rings is 1. The Bertz CT molecular complexity index is 1800. The first-order chi connectivity index (χ1) is 23.4. The monoisotopic (exact) mass is 640 g/mol. The molecule has 4 aromatic carbocycles. The Kier molecular flexibility index (Phi) is 10.1. The molecule has 0 bridgehead atoms. The van der Waals surface area contributed by atoms with Crippen molar-refractivity contribution in [2.24, 2.45) is 28.5 Å². The largest absolute Gasteiger partial charge is 0.457 e. The molecule has 0 radical (unpaired) electrons. The maximum absolute atomic E-state index is 14.6. The number of allylic oxidation sites excluding steroid dienone is 1. The van der Waals surface area contributed by atoms with Gasteiger partial charge in [0.05, 0.1) is 29.8 Å². The topological polar surface area (TPSA) is 114 Å². The van der Waals surface area contributed by atoms with Gasteiger partial charge < -0.3 is 20.7 Å². The average Bonchev–Trinajstić information content (AvgIpc) is 3.19. The van der Waals surface area contributed by atoms with Gasteiger partial charge in [-0.05, 0) is 54.7 Å². The molecule has 0 saturated heterocycles. The fourth-order valence-electron chi connectivity index (χ4n) is 6.47. The molecule has 8 nitrogen and oxygen atoms in total. The molecule has 0 aromatic heterocycles. The molecule has 48 heavy (non-hydrogen) atoms. The zero-order chi connectivity index (χ0) is 33.5. The van der Waals surface area contributed by atoms with Crippen molar-refractivity contribution in [3.63, 3.8) is 0 Å². The molecule has 8 heteroatoms. The number of fused-ring (bicyclic) bond motifs is 1. The molecule has 1 heterocycles. The third-order valence-electron chi connectivity index (χ3n) is 9.17. The zero-order valence-corrected chi connectivity index (χ0v) is 26.8. The van der Waals surface area contributed by atoms with Crippen LogP contribution in [0.25, 0.3) is 0 Å². The van der Waals surface area contributed by atoms with E-state index in [-0.39, 0.29) is 13.0 Å². The van der Waals surface area contributed by atoms with Gasteiger partial charge in [0.25, 0.3) is 5.91 Å². The number of nitrogens with zero attached hydrogens (tertiary/aromatic N) is 2. The van der Waals surface area contributed by atoms with Crippen molar-refractivity contribution in [1.29, 1.82) is 0 Å². The molecular weight excluding hydrogens is 600 g/mol. The number of nitrogens with two attached hydrogens (primary N) is 1. The number of hydrogen-bond acceptors (Lipinski definition) is 5. The van der Waals surface area contributed by atoms with E-state index in [1.807, 2.05) is 109 Å². The van der Waals surface area contributed by atoms with Gasteiger partial charge in [0.2, 0.25) is 18.0 Å². The minimum Gasteiger partial charge on any atom is -0.457 e. The smallest absolute Gasteiger partial charge is 0.272 e. The fraction of sp³-hybridized carbons (Fsp3) is 0.250. The highest BCUT2D eigenvalue weighted by molar-refractivity contribution is 6.20. The predicted octanol–water partition coefficient (Wildman–Crippen LogP) is 6.79. The Morgan fingerprint density at radius 1 is 0.917 bits per heavy atom. The van der Waals surface area contributed by atoms with Gasteiger partial charge >= 0.3 is 0 Å². The molecule has 1 saturated carbocycles. The number of hydrogen-bond donors (Lipinski definition) is 2. The van der Waals surface area contributed by atoms with Gasteiger partial charge in [-0.1, -0.05) is 104 Å². The number of ether oxygens (including phenoxy) is 1. The van der Waals surface area contributed by atoms with Gasteiger partial charge in [0.15, 0.2) is 0 Å². The Hall–Kier alpha value is -5.50. The van der Waals surface area contributed by atoms with Crippen LogP contribution >= 0.6 is 0 Å². The van der Waals surface area contributed by atoms with Crippen LogP contribution < -0.4 is 20.7 Å². The van der Waals surface area contributed by atoms with Gasteiger partial charge in [0, 0.05) is 11.1 Å². The Balaban J connectivity index is 1.37. The van der Waals surface area contributed by atoms with Crippen LogP contribution in [0, 0.1) is 17.8 Å². The normalized spacial score (nSPS) is 17.2. The van der Waals surface area contributed by atoms with Crippen LogP contribution in [0.4, 0.5) is 5.69 Å². The lowest BCUT2D eigenvalue weighted by atomic mass is 9.74. The number of carbonyl (C=O) groups excluding carboxylic acids is 3. The summed E-state index contributed by atoms with van der Waals surface area (Å²) in [5.41, 5.74) is 9.49. The summed E-state index contributed by atoms with van der Waals surface area (Å²) in [5.74, 6) is -1.13. The minimum atomic E-state index is -1.25. The van der Waals surface area contributed by atoms with E-state index < -0.39 is 35.7 Å². The van der Waals surface area contributed by atoms with Crippen LogP contribution in [0.3, 0.4) is 0 Å². The number of aliphatic imine (C=N–C) groups is 1. The van der Waals surface area contributed by atoms with Gasteiger partial charge in [-0.25, -0.2) is 4.99 Å². The van der Waals surface area contributed by atoms with Crippen molar-refractivity contribution in [2.75, 3.05) is 4.90 Å². The third kappa shape index (κ3) is 7.39. The van der Waals surface area contributed by atoms with E-state index in [1.54, 1.807) is 11.0 Å². The highest BCUT2D eigenvalue weighted by Crippen LogP contribution is 2.36. The molecule has 2 aliphatic rings. The van der Waals surface area contributed by atoms with Crippen molar-refractivity contribution in [2.45, 2.75) is 44.8 Å². The molecule has 244 valence electrons. The molecule has 3 atom stereocenters. The SMILES string of the molecule is C=CCC(C(N)=O)C(CC1CCC1)C(=O)NC1N=C(c2ccccc2)c2ccccc2N(Cc2cccc(Oc3ccccc3)c2)C1=O.